The lowest BCUT2D eigenvalue weighted by molar-refractivity contribution is 0.226. The lowest BCUT2D eigenvalue weighted by atomic mass is 9.77. The fourth-order valence-corrected chi connectivity index (χ4v) is 3.52. The number of benzene rings is 1. The van der Waals surface area contributed by atoms with Crippen LogP contribution >= 0.6 is 0 Å². The molecular weight excluding hydrogens is 230 g/mol. The Kier molecular flexibility index (Phi) is 4.67. The van der Waals surface area contributed by atoms with E-state index in [0.29, 0.717) is 17.4 Å². The van der Waals surface area contributed by atoms with Crippen molar-refractivity contribution >= 4 is 0 Å². The Hall–Kier alpha value is -0.820. The highest BCUT2D eigenvalue weighted by molar-refractivity contribution is 5.28. The zero-order chi connectivity index (χ0) is 13.9. The van der Waals surface area contributed by atoms with Crippen LogP contribution in [0.3, 0.4) is 0 Å². The van der Waals surface area contributed by atoms with E-state index in [4.69, 9.17) is 0 Å². The van der Waals surface area contributed by atoms with Crippen LogP contribution in [-0.2, 0) is 0 Å². The maximum atomic E-state index is 3.73. The molecule has 0 radical (unpaired) electrons. The van der Waals surface area contributed by atoms with Gasteiger partial charge in [-0.1, -0.05) is 64.8 Å². The molecule has 0 saturated heterocycles. The third kappa shape index (κ3) is 3.20. The summed E-state index contributed by atoms with van der Waals surface area (Å²) in [4.78, 5) is 0. The predicted octanol–water partition coefficient (Wildman–Crippen LogP) is 5.04. The van der Waals surface area contributed by atoms with Crippen molar-refractivity contribution in [2.45, 2.75) is 65.3 Å². The Balaban J connectivity index is 2.23. The average molecular weight is 259 g/mol. The Morgan fingerprint density at radius 3 is 2.05 bits per heavy atom. The first kappa shape index (κ1) is 14.6. The van der Waals surface area contributed by atoms with E-state index in [0.717, 1.165) is 6.54 Å². The van der Waals surface area contributed by atoms with Crippen molar-refractivity contribution < 1.29 is 0 Å². The average Bonchev–Trinajstić information content (AvgIpc) is 2.84. The Morgan fingerprint density at radius 2 is 1.58 bits per heavy atom. The van der Waals surface area contributed by atoms with Gasteiger partial charge in [0.1, 0.15) is 0 Å². The summed E-state index contributed by atoms with van der Waals surface area (Å²) in [5.41, 5.74) is 3.35. The highest BCUT2D eigenvalue weighted by atomic mass is 14.9. The number of hydrogen-bond acceptors (Lipinski definition) is 1. The molecule has 0 amide bonds. The molecule has 1 unspecified atom stereocenters. The second kappa shape index (κ2) is 6.09. The zero-order valence-corrected chi connectivity index (χ0v) is 13.0. The molecule has 0 aliphatic heterocycles. The van der Waals surface area contributed by atoms with Gasteiger partial charge in [-0.25, -0.2) is 0 Å². The van der Waals surface area contributed by atoms with Gasteiger partial charge in [-0.05, 0) is 41.8 Å². The van der Waals surface area contributed by atoms with Gasteiger partial charge in [0.25, 0.3) is 0 Å². The summed E-state index contributed by atoms with van der Waals surface area (Å²) in [6, 6.07) is 9.81. The molecule has 1 fully saturated rings. The van der Waals surface area contributed by atoms with E-state index in [2.05, 4.69) is 57.3 Å². The highest BCUT2D eigenvalue weighted by Gasteiger charge is 2.37. The molecule has 0 bridgehead atoms. The summed E-state index contributed by atoms with van der Waals surface area (Å²) in [5, 5.41) is 3.73. The first-order chi connectivity index (χ1) is 9.07. The second-order valence-electron chi connectivity index (χ2n) is 6.67. The quantitative estimate of drug-likeness (QED) is 0.781. The molecule has 1 heteroatoms. The van der Waals surface area contributed by atoms with Gasteiger partial charge >= 0.3 is 0 Å². The van der Waals surface area contributed by atoms with E-state index >= 15 is 0 Å². The van der Waals surface area contributed by atoms with Crippen molar-refractivity contribution in [2.75, 3.05) is 6.54 Å². The van der Waals surface area contributed by atoms with Gasteiger partial charge in [0, 0.05) is 6.04 Å². The fourth-order valence-electron chi connectivity index (χ4n) is 3.52. The molecule has 0 heterocycles. The number of rotatable bonds is 5. The molecule has 2 rings (SSSR count). The van der Waals surface area contributed by atoms with E-state index in [1.54, 1.807) is 0 Å². The van der Waals surface area contributed by atoms with Crippen LogP contribution in [-0.4, -0.2) is 6.54 Å². The second-order valence-corrected chi connectivity index (χ2v) is 6.67. The molecule has 1 nitrogen and oxygen atoms in total. The maximum absolute atomic E-state index is 3.73. The van der Waals surface area contributed by atoms with Crippen LogP contribution in [0.1, 0.15) is 76.5 Å². The molecule has 1 aliphatic rings. The molecule has 1 aromatic rings. The zero-order valence-electron chi connectivity index (χ0n) is 13.0. The van der Waals surface area contributed by atoms with Crippen molar-refractivity contribution in [3.05, 3.63) is 35.4 Å². The first-order valence-corrected chi connectivity index (χ1v) is 7.90. The summed E-state index contributed by atoms with van der Waals surface area (Å²) in [6.45, 7) is 10.2. The number of hydrogen-bond donors (Lipinski definition) is 1. The monoisotopic (exact) mass is 259 g/mol. The standard InChI is InChI=1S/C18H29N/c1-5-19-17(18(4)12-6-7-13-18)16-10-8-15(9-11-16)14(2)3/h8-11,14,17,19H,5-7,12-13H2,1-4H3. The SMILES string of the molecule is CCNC(c1ccc(C(C)C)cc1)C1(C)CCCC1. The van der Waals surface area contributed by atoms with Crippen molar-refractivity contribution in [3.63, 3.8) is 0 Å². The van der Waals surface area contributed by atoms with E-state index in [1.165, 1.54) is 36.8 Å². The van der Waals surface area contributed by atoms with E-state index < -0.39 is 0 Å². The van der Waals surface area contributed by atoms with Gasteiger partial charge in [-0.2, -0.15) is 0 Å². The van der Waals surface area contributed by atoms with Crippen LogP contribution in [0.5, 0.6) is 0 Å². The smallest absolute Gasteiger partial charge is 0.0374 e. The molecule has 1 N–H and O–H groups in total. The van der Waals surface area contributed by atoms with Crippen LogP contribution in [0.2, 0.25) is 0 Å². The van der Waals surface area contributed by atoms with Gasteiger partial charge < -0.3 is 5.32 Å². The van der Waals surface area contributed by atoms with Crippen LogP contribution in [0.15, 0.2) is 24.3 Å². The van der Waals surface area contributed by atoms with Crippen molar-refractivity contribution in [2.24, 2.45) is 5.41 Å². The molecule has 0 spiro atoms. The molecule has 1 atom stereocenters. The van der Waals surface area contributed by atoms with Gasteiger partial charge in [0.05, 0.1) is 0 Å². The summed E-state index contributed by atoms with van der Waals surface area (Å²) in [6.07, 6.45) is 5.50. The third-order valence-corrected chi connectivity index (χ3v) is 4.79. The number of nitrogens with one attached hydrogen (secondary N) is 1. The molecule has 1 aromatic carbocycles. The molecule has 19 heavy (non-hydrogen) atoms. The summed E-state index contributed by atoms with van der Waals surface area (Å²) < 4.78 is 0. The third-order valence-electron chi connectivity index (χ3n) is 4.79. The van der Waals surface area contributed by atoms with E-state index in [-0.39, 0.29) is 0 Å². The summed E-state index contributed by atoms with van der Waals surface area (Å²) in [5.74, 6) is 0.619. The topological polar surface area (TPSA) is 12.0 Å². The minimum atomic E-state index is 0.440. The summed E-state index contributed by atoms with van der Waals surface area (Å²) >= 11 is 0. The molecule has 1 saturated carbocycles. The predicted molar refractivity (Wildman–Crippen MR) is 83.5 cm³/mol. The van der Waals surface area contributed by atoms with Gasteiger partial charge in [0.2, 0.25) is 0 Å². The van der Waals surface area contributed by atoms with Crippen molar-refractivity contribution in [1.82, 2.24) is 5.32 Å². The van der Waals surface area contributed by atoms with Crippen LogP contribution in [0.25, 0.3) is 0 Å². The van der Waals surface area contributed by atoms with E-state index in [9.17, 15) is 0 Å². The molecule has 0 aromatic heterocycles. The Morgan fingerprint density at radius 1 is 1.05 bits per heavy atom. The minimum absolute atomic E-state index is 0.440. The van der Waals surface area contributed by atoms with Gasteiger partial charge in [-0.15, -0.1) is 0 Å². The Labute approximate surface area is 118 Å². The van der Waals surface area contributed by atoms with Crippen LogP contribution in [0.4, 0.5) is 0 Å². The fraction of sp³-hybridized carbons (Fsp3) is 0.667. The Bertz CT molecular complexity index is 385. The van der Waals surface area contributed by atoms with Crippen molar-refractivity contribution in [1.29, 1.82) is 0 Å². The van der Waals surface area contributed by atoms with Gasteiger partial charge in [-0.3, -0.25) is 0 Å². The highest BCUT2D eigenvalue weighted by Crippen LogP contribution is 2.47. The summed E-state index contributed by atoms with van der Waals surface area (Å²) in [7, 11) is 0. The minimum Gasteiger partial charge on any atom is -0.310 e. The lowest BCUT2D eigenvalue weighted by Gasteiger charge is -2.35. The molecule has 1 aliphatic carbocycles. The molecular formula is C18H29N. The van der Waals surface area contributed by atoms with Crippen LogP contribution < -0.4 is 5.32 Å². The van der Waals surface area contributed by atoms with E-state index in [1.807, 2.05) is 0 Å². The lowest BCUT2D eigenvalue weighted by Crippen LogP contribution is -2.34. The largest absolute Gasteiger partial charge is 0.310 e. The van der Waals surface area contributed by atoms with Crippen molar-refractivity contribution in [3.8, 4) is 0 Å². The molecule has 106 valence electrons. The first-order valence-electron chi connectivity index (χ1n) is 7.90. The van der Waals surface area contributed by atoms with Gasteiger partial charge in [0.15, 0.2) is 0 Å². The normalized spacial score (nSPS) is 19.8. The maximum Gasteiger partial charge on any atom is 0.0374 e. The van der Waals surface area contributed by atoms with Crippen LogP contribution in [0, 0.1) is 5.41 Å².